The van der Waals surface area contributed by atoms with Crippen LogP contribution in [0.1, 0.15) is 34.3 Å². The molecule has 0 atom stereocenters. The summed E-state index contributed by atoms with van der Waals surface area (Å²) in [5, 5.41) is 3.03. The number of nitrogens with zero attached hydrogens (tertiary/aromatic N) is 1. The number of aryl methyl sites for hydroxylation is 2. The molecule has 31 heavy (non-hydrogen) atoms. The first-order chi connectivity index (χ1) is 15.0. The molecule has 2 aromatic carbocycles. The number of carbonyl (C=O) groups is 2. The van der Waals surface area contributed by atoms with Gasteiger partial charge in [0.05, 0.1) is 11.8 Å². The van der Waals surface area contributed by atoms with Crippen LogP contribution >= 0.6 is 11.8 Å². The van der Waals surface area contributed by atoms with Crippen LogP contribution in [-0.2, 0) is 4.79 Å². The average molecular weight is 435 g/mol. The maximum absolute atomic E-state index is 12.7. The van der Waals surface area contributed by atoms with E-state index < -0.39 is 0 Å². The number of likely N-dealkylation sites (tertiary alicyclic amines) is 1. The van der Waals surface area contributed by atoms with E-state index in [0.29, 0.717) is 31.5 Å². The molecule has 2 amide bonds. The Labute approximate surface area is 186 Å². The van der Waals surface area contributed by atoms with Crippen LogP contribution in [-0.4, -0.2) is 29.8 Å². The van der Waals surface area contributed by atoms with Gasteiger partial charge in [0.2, 0.25) is 5.91 Å². The maximum Gasteiger partial charge on any atom is 0.257 e. The Hall–Kier alpha value is -2.99. The number of hydrogen-bond donors (Lipinski definition) is 1. The number of piperidine rings is 1. The summed E-state index contributed by atoms with van der Waals surface area (Å²) in [6.45, 7) is 5.37. The Balaban J connectivity index is 1.29. The van der Waals surface area contributed by atoms with Crippen molar-refractivity contribution in [1.29, 1.82) is 0 Å². The second-order valence-corrected chi connectivity index (χ2v) is 9.08. The fraction of sp³-hybridized carbons (Fsp3) is 0.280. The average Bonchev–Trinajstić information content (AvgIpc) is 3.31. The van der Waals surface area contributed by atoms with Crippen molar-refractivity contribution in [1.82, 2.24) is 4.90 Å². The number of carbonyl (C=O) groups excluding carboxylic acids is 2. The van der Waals surface area contributed by atoms with Crippen LogP contribution in [0, 0.1) is 19.8 Å². The highest BCUT2D eigenvalue weighted by Crippen LogP contribution is 2.31. The third-order valence-electron chi connectivity index (χ3n) is 5.60. The van der Waals surface area contributed by atoms with Gasteiger partial charge in [0.1, 0.15) is 6.26 Å². The number of amides is 2. The van der Waals surface area contributed by atoms with Crippen LogP contribution in [0.2, 0.25) is 0 Å². The zero-order valence-corrected chi connectivity index (χ0v) is 18.6. The first-order valence-corrected chi connectivity index (χ1v) is 11.3. The largest absolute Gasteiger partial charge is 0.472 e. The van der Waals surface area contributed by atoms with Crippen LogP contribution in [0.3, 0.4) is 0 Å². The van der Waals surface area contributed by atoms with Crippen molar-refractivity contribution in [2.45, 2.75) is 36.5 Å². The minimum absolute atomic E-state index is 0.0187. The molecule has 0 saturated carbocycles. The van der Waals surface area contributed by atoms with E-state index in [-0.39, 0.29) is 17.7 Å². The van der Waals surface area contributed by atoms with E-state index in [0.717, 1.165) is 10.6 Å². The first-order valence-electron chi connectivity index (χ1n) is 10.5. The lowest BCUT2D eigenvalue weighted by atomic mass is 9.95. The fourth-order valence-electron chi connectivity index (χ4n) is 3.80. The van der Waals surface area contributed by atoms with E-state index in [1.165, 1.54) is 28.5 Å². The second-order valence-electron chi connectivity index (χ2n) is 7.96. The zero-order valence-electron chi connectivity index (χ0n) is 17.8. The third kappa shape index (κ3) is 5.20. The van der Waals surface area contributed by atoms with E-state index in [1.54, 1.807) is 22.7 Å². The zero-order chi connectivity index (χ0) is 21.8. The molecule has 1 aliphatic rings. The van der Waals surface area contributed by atoms with Crippen molar-refractivity contribution in [2.75, 3.05) is 18.4 Å². The van der Waals surface area contributed by atoms with Crippen LogP contribution in [0.4, 0.5) is 5.69 Å². The highest BCUT2D eigenvalue weighted by Gasteiger charge is 2.28. The summed E-state index contributed by atoms with van der Waals surface area (Å²) < 4.78 is 4.99. The molecule has 6 heteroatoms. The minimum Gasteiger partial charge on any atom is -0.472 e. The van der Waals surface area contributed by atoms with Crippen molar-refractivity contribution in [3.8, 4) is 0 Å². The van der Waals surface area contributed by atoms with Gasteiger partial charge in [0.25, 0.3) is 5.91 Å². The van der Waals surface area contributed by atoms with E-state index in [9.17, 15) is 9.59 Å². The predicted molar refractivity (Wildman–Crippen MR) is 122 cm³/mol. The molecule has 0 radical (unpaired) electrons. The molecule has 0 spiro atoms. The van der Waals surface area contributed by atoms with Gasteiger partial charge < -0.3 is 14.6 Å². The molecule has 1 fully saturated rings. The van der Waals surface area contributed by atoms with Gasteiger partial charge in [-0.2, -0.15) is 0 Å². The number of furan rings is 1. The van der Waals surface area contributed by atoms with E-state index >= 15 is 0 Å². The summed E-state index contributed by atoms with van der Waals surface area (Å²) in [5.74, 6) is -0.104. The Morgan fingerprint density at radius 2 is 1.77 bits per heavy atom. The molecule has 3 aromatic rings. The van der Waals surface area contributed by atoms with Crippen molar-refractivity contribution in [2.24, 2.45) is 5.92 Å². The summed E-state index contributed by atoms with van der Waals surface area (Å²) in [4.78, 5) is 29.2. The van der Waals surface area contributed by atoms with Gasteiger partial charge in [-0.05, 0) is 68.7 Å². The maximum atomic E-state index is 12.7. The van der Waals surface area contributed by atoms with Gasteiger partial charge in [0, 0.05) is 34.5 Å². The lowest BCUT2D eigenvalue weighted by Crippen LogP contribution is -2.41. The summed E-state index contributed by atoms with van der Waals surface area (Å²) in [7, 11) is 0. The Morgan fingerprint density at radius 1 is 1.03 bits per heavy atom. The van der Waals surface area contributed by atoms with Crippen LogP contribution < -0.4 is 5.32 Å². The van der Waals surface area contributed by atoms with Crippen LogP contribution in [0.25, 0.3) is 0 Å². The summed E-state index contributed by atoms with van der Waals surface area (Å²) >= 11 is 1.72. The normalized spacial score (nSPS) is 14.5. The standard InChI is InChI=1S/C25H26N2O3S/c1-17-3-8-23(18(2)15-17)31-22-6-4-21(5-7-22)26-24(28)19-9-12-27(13-10-19)25(29)20-11-14-30-16-20/h3-8,11,14-16,19H,9-10,12-13H2,1-2H3,(H,26,28). The quantitative estimate of drug-likeness (QED) is 0.573. The molecular weight excluding hydrogens is 408 g/mol. The topological polar surface area (TPSA) is 62.6 Å². The Morgan fingerprint density at radius 3 is 2.42 bits per heavy atom. The first kappa shape index (κ1) is 21.2. The second kappa shape index (κ2) is 9.43. The number of rotatable bonds is 5. The van der Waals surface area contributed by atoms with E-state index in [2.05, 4.69) is 37.4 Å². The Bertz CT molecular complexity index is 1050. The van der Waals surface area contributed by atoms with Crippen molar-refractivity contribution in [3.05, 3.63) is 77.7 Å². The monoisotopic (exact) mass is 434 g/mol. The van der Waals surface area contributed by atoms with Crippen LogP contribution in [0.15, 0.2) is 75.3 Å². The molecular formula is C25H26N2O3S. The molecule has 2 heterocycles. The number of hydrogen-bond acceptors (Lipinski definition) is 4. The van der Waals surface area contributed by atoms with E-state index in [1.807, 2.05) is 24.3 Å². The van der Waals surface area contributed by atoms with Gasteiger partial charge in [-0.15, -0.1) is 0 Å². The molecule has 0 unspecified atom stereocenters. The summed E-state index contributed by atoms with van der Waals surface area (Å²) in [6, 6.07) is 16.1. The van der Waals surface area contributed by atoms with Crippen molar-refractivity contribution < 1.29 is 14.0 Å². The van der Waals surface area contributed by atoms with Gasteiger partial charge >= 0.3 is 0 Å². The molecule has 1 saturated heterocycles. The Kier molecular flexibility index (Phi) is 6.47. The highest BCUT2D eigenvalue weighted by molar-refractivity contribution is 7.99. The van der Waals surface area contributed by atoms with E-state index in [4.69, 9.17) is 4.42 Å². The summed E-state index contributed by atoms with van der Waals surface area (Å²) in [6.07, 6.45) is 4.29. The third-order valence-corrected chi connectivity index (χ3v) is 6.79. The molecule has 4 rings (SSSR count). The molecule has 1 N–H and O–H groups in total. The summed E-state index contributed by atoms with van der Waals surface area (Å²) in [5.41, 5.74) is 3.88. The molecule has 0 aliphatic carbocycles. The van der Waals surface area contributed by atoms with Gasteiger partial charge in [-0.1, -0.05) is 29.5 Å². The predicted octanol–water partition coefficient (Wildman–Crippen LogP) is 5.54. The van der Waals surface area contributed by atoms with Gasteiger partial charge in [0.15, 0.2) is 0 Å². The fourth-order valence-corrected chi connectivity index (χ4v) is 4.69. The minimum atomic E-state index is -0.0855. The molecule has 1 aliphatic heterocycles. The van der Waals surface area contributed by atoms with Crippen LogP contribution in [0.5, 0.6) is 0 Å². The van der Waals surface area contributed by atoms with Crippen molar-refractivity contribution >= 4 is 29.3 Å². The number of anilines is 1. The lowest BCUT2D eigenvalue weighted by molar-refractivity contribution is -0.121. The molecule has 1 aromatic heterocycles. The number of nitrogens with one attached hydrogen (secondary N) is 1. The lowest BCUT2D eigenvalue weighted by Gasteiger charge is -2.31. The van der Waals surface area contributed by atoms with Crippen molar-refractivity contribution in [3.63, 3.8) is 0 Å². The van der Waals surface area contributed by atoms with Gasteiger partial charge in [-0.3, -0.25) is 9.59 Å². The highest BCUT2D eigenvalue weighted by atomic mass is 32.2. The SMILES string of the molecule is Cc1ccc(Sc2ccc(NC(=O)C3CCN(C(=O)c4ccoc4)CC3)cc2)c(C)c1. The smallest absolute Gasteiger partial charge is 0.257 e. The molecule has 5 nitrogen and oxygen atoms in total. The number of benzene rings is 2. The van der Waals surface area contributed by atoms with Gasteiger partial charge in [-0.25, -0.2) is 0 Å². The molecule has 160 valence electrons. The molecule has 0 bridgehead atoms.